The summed E-state index contributed by atoms with van der Waals surface area (Å²) in [7, 11) is 1.56. The SMILES string of the molecule is COc1ccc(OCC(=O)Nc2cccc(C(=O)Nc3ccc(F)c(Cl)c3)c2)cc1. The standard InChI is InChI=1S/C22H18ClFN2O4/c1-29-17-6-8-18(9-7-17)30-13-21(27)25-15-4-2-3-14(11-15)22(28)26-16-5-10-20(24)19(23)12-16/h2-12H,13H2,1H3,(H,25,27)(H,26,28). The van der Waals surface area contributed by atoms with Crippen LogP contribution in [0, 0.1) is 5.82 Å². The van der Waals surface area contributed by atoms with Crippen LogP contribution in [-0.2, 0) is 4.79 Å². The number of halogens is 2. The molecule has 2 amide bonds. The van der Waals surface area contributed by atoms with Gasteiger partial charge < -0.3 is 20.1 Å². The van der Waals surface area contributed by atoms with Crippen molar-refractivity contribution >= 4 is 34.8 Å². The van der Waals surface area contributed by atoms with Crippen LogP contribution in [0.1, 0.15) is 10.4 Å². The van der Waals surface area contributed by atoms with E-state index in [1.54, 1.807) is 49.6 Å². The van der Waals surface area contributed by atoms with Crippen molar-refractivity contribution in [3.05, 3.63) is 83.1 Å². The van der Waals surface area contributed by atoms with E-state index >= 15 is 0 Å². The zero-order chi connectivity index (χ0) is 21.5. The average Bonchev–Trinajstić information content (AvgIpc) is 2.75. The van der Waals surface area contributed by atoms with E-state index in [-0.39, 0.29) is 17.5 Å². The molecule has 8 heteroatoms. The van der Waals surface area contributed by atoms with Gasteiger partial charge in [0.2, 0.25) is 0 Å². The zero-order valence-corrected chi connectivity index (χ0v) is 16.7. The highest BCUT2D eigenvalue weighted by Gasteiger charge is 2.10. The Kier molecular flexibility index (Phi) is 6.87. The molecule has 0 heterocycles. The fraction of sp³-hybridized carbons (Fsp3) is 0.0909. The normalized spacial score (nSPS) is 10.2. The lowest BCUT2D eigenvalue weighted by atomic mass is 10.2. The van der Waals surface area contributed by atoms with Crippen molar-refractivity contribution in [3.8, 4) is 11.5 Å². The summed E-state index contributed by atoms with van der Waals surface area (Å²) in [6.07, 6.45) is 0. The Bertz CT molecular complexity index is 1060. The Balaban J connectivity index is 1.57. The Labute approximate surface area is 177 Å². The number of carbonyl (C=O) groups is 2. The number of carbonyl (C=O) groups excluding carboxylic acids is 2. The maximum atomic E-state index is 13.2. The van der Waals surface area contributed by atoms with Crippen LogP contribution in [0.5, 0.6) is 11.5 Å². The summed E-state index contributed by atoms with van der Waals surface area (Å²) in [5.41, 5.74) is 1.10. The van der Waals surface area contributed by atoms with Gasteiger partial charge in [-0.2, -0.15) is 0 Å². The molecule has 0 aliphatic carbocycles. The molecular weight excluding hydrogens is 411 g/mol. The van der Waals surface area contributed by atoms with Crippen molar-refractivity contribution < 1.29 is 23.5 Å². The van der Waals surface area contributed by atoms with Gasteiger partial charge in [0.1, 0.15) is 17.3 Å². The van der Waals surface area contributed by atoms with Gasteiger partial charge in [-0.25, -0.2) is 4.39 Å². The molecule has 0 aliphatic heterocycles. The number of amides is 2. The van der Waals surface area contributed by atoms with Crippen LogP contribution >= 0.6 is 11.6 Å². The molecule has 0 fully saturated rings. The number of hydrogen-bond donors (Lipinski definition) is 2. The van der Waals surface area contributed by atoms with E-state index in [9.17, 15) is 14.0 Å². The molecule has 0 unspecified atom stereocenters. The number of rotatable bonds is 7. The van der Waals surface area contributed by atoms with Gasteiger partial charge in [-0.1, -0.05) is 17.7 Å². The summed E-state index contributed by atoms with van der Waals surface area (Å²) in [5.74, 6) is -0.171. The third-order valence-electron chi connectivity index (χ3n) is 4.02. The first-order valence-corrected chi connectivity index (χ1v) is 9.25. The van der Waals surface area contributed by atoms with Gasteiger partial charge in [0.05, 0.1) is 12.1 Å². The third kappa shape index (κ3) is 5.71. The molecule has 0 atom stereocenters. The number of nitrogens with one attached hydrogen (secondary N) is 2. The number of anilines is 2. The molecule has 2 N–H and O–H groups in total. The highest BCUT2D eigenvalue weighted by Crippen LogP contribution is 2.21. The van der Waals surface area contributed by atoms with Crippen molar-refractivity contribution in [1.82, 2.24) is 0 Å². The molecule has 0 radical (unpaired) electrons. The summed E-state index contributed by atoms with van der Waals surface area (Å²) in [5, 5.41) is 5.20. The molecule has 0 spiro atoms. The first kappa shape index (κ1) is 21.1. The van der Waals surface area contributed by atoms with Gasteiger partial charge in [-0.05, 0) is 60.7 Å². The summed E-state index contributed by atoms with van der Waals surface area (Å²) in [6.45, 7) is -0.198. The van der Waals surface area contributed by atoms with E-state index in [4.69, 9.17) is 21.1 Å². The molecule has 0 bridgehead atoms. The van der Waals surface area contributed by atoms with Crippen LogP contribution < -0.4 is 20.1 Å². The molecule has 0 saturated heterocycles. The summed E-state index contributed by atoms with van der Waals surface area (Å²) in [6, 6.07) is 17.1. The summed E-state index contributed by atoms with van der Waals surface area (Å²) < 4.78 is 23.7. The van der Waals surface area contributed by atoms with Crippen molar-refractivity contribution in [2.45, 2.75) is 0 Å². The maximum absolute atomic E-state index is 13.2. The molecule has 0 aliphatic rings. The van der Waals surface area contributed by atoms with Crippen molar-refractivity contribution in [1.29, 1.82) is 0 Å². The van der Waals surface area contributed by atoms with Crippen LogP contribution in [-0.4, -0.2) is 25.5 Å². The van der Waals surface area contributed by atoms with Gasteiger partial charge in [0.15, 0.2) is 6.61 Å². The van der Waals surface area contributed by atoms with E-state index in [0.29, 0.717) is 28.4 Å². The zero-order valence-electron chi connectivity index (χ0n) is 15.9. The molecule has 30 heavy (non-hydrogen) atoms. The van der Waals surface area contributed by atoms with Crippen molar-refractivity contribution in [3.63, 3.8) is 0 Å². The number of ether oxygens (including phenoxy) is 2. The maximum Gasteiger partial charge on any atom is 0.262 e. The monoisotopic (exact) mass is 428 g/mol. The summed E-state index contributed by atoms with van der Waals surface area (Å²) >= 11 is 5.72. The molecule has 154 valence electrons. The molecule has 3 aromatic carbocycles. The number of hydrogen-bond acceptors (Lipinski definition) is 4. The highest BCUT2D eigenvalue weighted by atomic mass is 35.5. The largest absolute Gasteiger partial charge is 0.497 e. The van der Waals surface area contributed by atoms with Crippen LogP contribution in [0.4, 0.5) is 15.8 Å². The fourth-order valence-corrected chi connectivity index (χ4v) is 2.71. The Morgan fingerprint density at radius 1 is 0.933 bits per heavy atom. The molecule has 6 nitrogen and oxygen atoms in total. The minimum atomic E-state index is -0.573. The van der Waals surface area contributed by atoms with Gasteiger partial charge >= 0.3 is 0 Å². The van der Waals surface area contributed by atoms with E-state index in [1.165, 1.54) is 18.2 Å². The van der Waals surface area contributed by atoms with Gasteiger partial charge in [0.25, 0.3) is 11.8 Å². The number of methoxy groups -OCH3 is 1. The highest BCUT2D eigenvalue weighted by molar-refractivity contribution is 6.31. The molecular formula is C22H18ClFN2O4. The van der Waals surface area contributed by atoms with Crippen LogP contribution in [0.25, 0.3) is 0 Å². The van der Waals surface area contributed by atoms with Crippen LogP contribution in [0.2, 0.25) is 5.02 Å². The second kappa shape index (κ2) is 9.76. The lowest BCUT2D eigenvalue weighted by molar-refractivity contribution is -0.118. The van der Waals surface area contributed by atoms with E-state index in [2.05, 4.69) is 10.6 Å². The second-order valence-corrected chi connectivity index (χ2v) is 6.58. The van der Waals surface area contributed by atoms with E-state index in [1.807, 2.05) is 0 Å². The predicted octanol–water partition coefficient (Wildman–Crippen LogP) is 4.76. The van der Waals surface area contributed by atoms with Crippen molar-refractivity contribution in [2.75, 3.05) is 24.4 Å². The third-order valence-corrected chi connectivity index (χ3v) is 4.30. The predicted molar refractivity (Wildman–Crippen MR) is 113 cm³/mol. The molecule has 0 saturated carbocycles. The van der Waals surface area contributed by atoms with Gasteiger partial charge in [-0.3, -0.25) is 9.59 Å². The minimum absolute atomic E-state index is 0.0920. The van der Waals surface area contributed by atoms with Crippen LogP contribution in [0.15, 0.2) is 66.7 Å². The quantitative estimate of drug-likeness (QED) is 0.569. The molecule has 0 aromatic heterocycles. The lowest BCUT2D eigenvalue weighted by Gasteiger charge is -2.10. The van der Waals surface area contributed by atoms with E-state index < -0.39 is 11.7 Å². The minimum Gasteiger partial charge on any atom is -0.497 e. The Morgan fingerprint density at radius 2 is 1.63 bits per heavy atom. The smallest absolute Gasteiger partial charge is 0.262 e. The molecule has 3 rings (SSSR count). The Morgan fingerprint density at radius 3 is 2.33 bits per heavy atom. The van der Waals surface area contributed by atoms with E-state index in [0.717, 1.165) is 6.07 Å². The van der Waals surface area contributed by atoms with Gasteiger partial charge in [0, 0.05) is 16.9 Å². The van der Waals surface area contributed by atoms with Gasteiger partial charge in [-0.15, -0.1) is 0 Å². The summed E-state index contributed by atoms with van der Waals surface area (Å²) in [4.78, 5) is 24.6. The number of benzene rings is 3. The first-order chi connectivity index (χ1) is 14.4. The average molecular weight is 429 g/mol. The second-order valence-electron chi connectivity index (χ2n) is 6.18. The van der Waals surface area contributed by atoms with Crippen molar-refractivity contribution in [2.24, 2.45) is 0 Å². The topological polar surface area (TPSA) is 76.7 Å². The molecule has 3 aromatic rings. The van der Waals surface area contributed by atoms with Crippen LogP contribution in [0.3, 0.4) is 0 Å². The lowest BCUT2D eigenvalue weighted by Crippen LogP contribution is -2.20. The first-order valence-electron chi connectivity index (χ1n) is 8.88. The Hall–Kier alpha value is -3.58. The fourth-order valence-electron chi connectivity index (χ4n) is 2.53.